The summed E-state index contributed by atoms with van der Waals surface area (Å²) < 4.78 is 6.96. The minimum Gasteiger partial charge on any atom is -0.480 e. The van der Waals surface area contributed by atoms with Gasteiger partial charge in [-0.1, -0.05) is 23.2 Å². The fraction of sp³-hybridized carbons (Fsp3) is 0.350. The predicted octanol–water partition coefficient (Wildman–Crippen LogP) is 3.16. The fourth-order valence-corrected chi connectivity index (χ4v) is 4.18. The van der Waals surface area contributed by atoms with E-state index in [4.69, 9.17) is 38.0 Å². The molecule has 0 aliphatic carbocycles. The van der Waals surface area contributed by atoms with Crippen LogP contribution in [0.15, 0.2) is 36.9 Å². The highest BCUT2D eigenvalue weighted by molar-refractivity contribution is 6.45. The number of carboxylic acid groups (broad SMARTS) is 1. The van der Waals surface area contributed by atoms with Gasteiger partial charge in [-0.3, -0.25) is 0 Å². The van der Waals surface area contributed by atoms with Crippen molar-refractivity contribution in [3.8, 4) is 5.69 Å². The van der Waals surface area contributed by atoms with Crippen molar-refractivity contribution < 1.29 is 19.7 Å². The van der Waals surface area contributed by atoms with Crippen LogP contribution in [0.1, 0.15) is 12.8 Å². The smallest absolute Gasteiger partial charge is 0.329 e. The fourth-order valence-electron chi connectivity index (χ4n) is 3.82. The van der Waals surface area contributed by atoms with Crippen molar-refractivity contribution in [1.82, 2.24) is 14.5 Å². The Morgan fingerprint density at radius 1 is 1.37 bits per heavy atom. The number of aliphatic carboxylic acids is 1. The van der Waals surface area contributed by atoms with Gasteiger partial charge in [0.15, 0.2) is 0 Å². The van der Waals surface area contributed by atoms with Crippen molar-refractivity contribution >= 4 is 45.9 Å². The Labute approximate surface area is 182 Å². The van der Waals surface area contributed by atoms with Gasteiger partial charge in [0.05, 0.1) is 46.3 Å². The van der Waals surface area contributed by atoms with Crippen molar-refractivity contribution in [2.24, 2.45) is 0 Å². The van der Waals surface area contributed by atoms with Gasteiger partial charge in [0.1, 0.15) is 12.4 Å². The summed E-state index contributed by atoms with van der Waals surface area (Å²) in [6, 6.07) is 5.27. The molecule has 1 aromatic carbocycles. The SMILES string of the molecule is O=C(O)COC[C@@H](O)[C@@H]1CCCN1c1cc(-n2ccnc2)c2ccc(Cl)c(Cl)c2n1. The standard InChI is InChI=1S/C20H20Cl2N4O4/c21-13-4-3-12-15(25-7-5-23-11-25)8-17(24-20(12)19(13)22)26-6-1-2-14(26)16(27)9-30-10-18(28)29/h3-5,7-8,11,14,16,27H,1-2,6,9-10H2,(H,28,29)/t14-,16+/m0/s1. The van der Waals surface area contributed by atoms with Crippen LogP contribution in [0, 0.1) is 0 Å². The number of aliphatic hydroxyl groups excluding tert-OH is 1. The summed E-state index contributed by atoms with van der Waals surface area (Å²) in [5, 5.41) is 20.9. The molecule has 0 saturated carbocycles. The summed E-state index contributed by atoms with van der Waals surface area (Å²) in [5.41, 5.74) is 1.40. The number of halogens is 2. The number of carbonyl (C=O) groups is 1. The van der Waals surface area contributed by atoms with Gasteiger partial charge < -0.3 is 24.4 Å². The number of imidazole rings is 1. The molecule has 4 rings (SSSR count). The first-order valence-electron chi connectivity index (χ1n) is 9.47. The van der Waals surface area contributed by atoms with E-state index < -0.39 is 18.7 Å². The van der Waals surface area contributed by atoms with Crippen LogP contribution in [-0.4, -0.2) is 62.6 Å². The van der Waals surface area contributed by atoms with E-state index >= 15 is 0 Å². The number of carboxylic acids is 1. The van der Waals surface area contributed by atoms with Crippen molar-refractivity contribution in [1.29, 1.82) is 0 Å². The molecular formula is C20H20Cl2N4O4. The summed E-state index contributed by atoms with van der Waals surface area (Å²) >= 11 is 12.7. The van der Waals surface area contributed by atoms with E-state index in [1.807, 2.05) is 27.8 Å². The number of anilines is 1. The van der Waals surface area contributed by atoms with Gasteiger partial charge in [0, 0.05) is 30.4 Å². The lowest BCUT2D eigenvalue weighted by molar-refractivity contribution is -0.143. The third-order valence-corrected chi connectivity index (χ3v) is 5.97. The highest BCUT2D eigenvalue weighted by atomic mass is 35.5. The Morgan fingerprint density at radius 2 is 2.20 bits per heavy atom. The van der Waals surface area contributed by atoms with Crippen molar-refractivity contribution in [2.75, 3.05) is 24.7 Å². The van der Waals surface area contributed by atoms with Crippen LogP contribution in [0.5, 0.6) is 0 Å². The molecule has 2 N–H and O–H groups in total. The van der Waals surface area contributed by atoms with Crippen LogP contribution in [-0.2, 0) is 9.53 Å². The monoisotopic (exact) mass is 450 g/mol. The Bertz CT molecular complexity index is 1060. The molecule has 0 radical (unpaired) electrons. The average molecular weight is 451 g/mol. The minimum absolute atomic E-state index is 0.0675. The molecular weight excluding hydrogens is 431 g/mol. The van der Waals surface area contributed by atoms with Crippen LogP contribution >= 0.6 is 23.2 Å². The van der Waals surface area contributed by atoms with E-state index in [0.29, 0.717) is 27.9 Å². The number of aromatic nitrogens is 3. The summed E-state index contributed by atoms with van der Waals surface area (Å²) in [6.45, 7) is 0.180. The molecule has 1 saturated heterocycles. The molecule has 1 fully saturated rings. The van der Waals surface area contributed by atoms with Crippen molar-refractivity contribution in [3.05, 3.63) is 47.0 Å². The number of hydrogen-bond donors (Lipinski definition) is 2. The highest BCUT2D eigenvalue weighted by Gasteiger charge is 2.32. The predicted molar refractivity (Wildman–Crippen MR) is 114 cm³/mol. The number of nitrogens with zero attached hydrogens (tertiary/aromatic N) is 4. The maximum atomic E-state index is 10.7. The third-order valence-electron chi connectivity index (χ3n) is 5.17. The van der Waals surface area contributed by atoms with Crippen LogP contribution < -0.4 is 4.90 Å². The van der Waals surface area contributed by atoms with Gasteiger partial charge in [0.2, 0.25) is 0 Å². The molecule has 1 aliphatic heterocycles. The number of hydrogen-bond acceptors (Lipinski definition) is 6. The molecule has 2 aromatic heterocycles. The number of fused-ring (bicyclic) bond motifs is 1. The topological polar surface area (TPSA) is 101 Å². The van der Waals surface area contributed by atoms with Gasteiger partial charge in [0.25, 0.3) is 0 Å². The first-order valence-corrected chi connectivity index (χ1v) is 10.2. The lowest BCUT2D eigenvalue weighted by Crippen LogP contribution is -2.42. The van der Waals surface area contributed by atoms with Crippen LogP contribution in [0.4, 0.5) is 5.82 Å². The maximum absolute atomic E-state index is 10.7. The summed E-state index contributed by atoms with van der Waals surface area (Å²) in [5.74, 6) is -0.423. The zero-order valence-corrected chi connectivity index (χ0v) is 17.4. The molecule has 0 bridgehead atoms. The molecule has 8 nitrogen and oxygen atoms in total. The van der Waals surface area contributed by atoms with E-state index in [-0.39, 0.29) is 12.6 Å². The Morgan fingerprint density at radius 3 is 2.93 bits per heavy atom. The molecule has 158 valence electrons. The molecule has 0 amide bonds. The average Bonchev–Trinajstić information content (AvgIpc) is 3.42. The minimum atomic E-state index is -1.07. The van der Waals surface area contributed by atoms with Crippen LogP contribution in [0.2, 0.25) is 10.0 Å². The van der Waals surface area contributed by atoms with Crippen LogP contribution in [0.25, 0.3) is 16.6 Å². The van der Waals surface area contributed by atoms with E-state index in [1.165, 1.54) is 0 Å². The Balaban J connectivity index is 1.73. The summed E-state index contributed by atoms with van der Waals surface area (Å²) in [4.78, 5) is 21.6. The first-order chi connectivity index (χ1) is 14.5. The second-order valence-electron chi connectivity index (χ2n) is 7.11. The molecule has 3 aromatic rings. The zero-order valence-electron chi connectivity index (χ0n) is 15.9. The normalized spacial score (nSPS) is 17.6. The Hall–Kier alpha value is -2.39. The molecule has 0 unspecified atom stereocenters. The first kappa shape index (κ1) is 20.9. The molecule has 1 aliphatic rings. The van der Waals surface area contributed by atoms with E-state index in [1.54, 1.807) is 18.6 Å². The largest absolute Gasteiger partial charge is 0.480 e. The summed E-state index contributed by atoms with van der Waals surface area (Å²) in [7, 11) is 0. The number of rotatable bonds is 7. The van der Waals surface area contributed by atoms with Gasteiger partial charge in [-0.15, -0.1) is 0 Å². The van der Waals surface area contributed by atoms with E-state index in [9.17, 15) is 9.90 Å². The Kier molecular flexibility index (Phi) is 6.10. The number of aliphatic hydroxyl groups is 1. The molecule has 30 heavy (non-hydrogen) atoms. The zero-order chi connectivity index (χ0) is 21.3. The van der Waals surface area contributed by atoms with Crippen LogP contribution in [0.3, 0.4) is 0 Å². The molecule has 10 heteroatoms. The van der Waals surface area contributed by atoms with Gasteiger partial charge in [-0.25, -0.2) is 14.8 Å². The quantitative estimate of drug-likeness (QED) is 0.569. The molecule has 3 heterocycles. The highest BCUT2D eigenvalue weighted by Crippen LogP contribution is 2.36. The second kappa shape index (κ2) is 8.77. The lowest BCUT2D eigenvalue weighted by Gasteiger charge is -2.30. The number of benzene rings is 1. The molecule has 0 spiro atoms. The third kappa shape index (κ3) is 4.09. The molecule has 2 atom stereocenters. The van der Waals surface area contributed by atoms with E-state index in [2.05, 4.69) is 4.98 Å². The number of ether oxygens (including phenoxy) is 1. The van der Waals surface area contributed by atoms with Gasteiger partial charge >= 0.3 is 5.97 Å². The van der Waals surface area contributed by atoms with E-state index in [0.717, 1.165) is 23.9 Å². The second-order valence-corrected chi connectivity index (χ2v) is 7.89. The van der Waals surface area contributed by atoms with Gasteiger partial charge in [-0.05, 0) is 25.0 Å². The number of pyridine rings is 1. The van der Waals surface area contributed by atoms with Gasteiger partial charge in [-0.2, -0.15) is 0 Å². The maximum Gasteiger partial charge on any atom is 0.329 e. The van der Waals surface area contributed by atoms with Crippen molar-refractivity contribution in [3.63, 3.8) is 0 Å². The summed E-state index contributed by atoms with van der Waals surface area (Å²) in [6.07, 6.45) is 5.96. The lowest BCUT2D eigenvalue weighted by atomic mass is 10.1. The van der Waals surface area contributed by atoms with Crippen molar-refractivity contribution in [2.45, 2.75) is 25.0 Å².